The van der Waals surface area contributed by atoms with Gasteiger partial charge in [-0.25, -0.2) is 4.98 Å². The third kappa shape index (κ3) is 5.89. The van der Waals surface area contributed by atoms with Gasteiger partial charge in [0.15, 0.2) is 5.13 Å². The average Bonchev–Trinajstić information content (AvgIpc) is 3.18. The number of carbonyl (C=O) groups excluding carboxylic acids is 2. The number of benzene rings is 2. The molecule has 0 aliphatic heterocycles. The van der Waals surface area contributed by atoms with E-state index >= 15 is 0 Å². The van der Waals surface area contributed by atoms with Crippen LogP contribution in [0.4, 0.5) is 10.8 Å². The third-order valence-corrected chi connectivity index (χ3v) is 7.31. The summed E-state index contributed by atoms with van der Waals surface area (Å²) in [7, 11) is -0.999. The van der Waals surface area contributed by atoms with E-state index in [1.54, 1.807) is 24.3 Å². The van der Waals surface area contributed by atoms with Gasteiger partial charge in [0.25, 0.3) is 0 Å². The zero-order valence-electron chi connectivity index (χ0n) is 18.6. The average molecular weight is 470 g/mol. The van der Waals surface area contributed by atoms with Crippen molar-refractivity contribution in [1.82, 2.24) is 4.98 Å². The summed E-state index contributed by atoms with van der Waals surface area (Å²) in [5.74, 6) is 0.285. The Morgan fingerprint density at radius 3 is 2.25 bits per heavy atom. The maximum Gasteiger partial charge on any atom is 0.236 e. The van der Waals surface area contributed by atoms with Gasteiger partial charge in [-0.3, -0.25) is 13.8 Å². The van der Waals surface area contributed by atoms with Crippen LogP contribution in [0.15, 0.2) is 58.8 Å². The van der Waals surface area contributed by atoms with Gasteiger partial charge in [-0.2, -0.15) is 0 Å². The van der Waals surface area contributed by atoms with E-state index in [0.29, 0.717) is 16.6 Å². The third-order valence-electron chi connectivity index (χ3n) is 5.11. The highest BCUT2D eigenvalue weighted by Gasteiger charge is 2.30. The maximum absolute atomic E-state index is 12.8. The molecule has 0 saturated carbocycles. The molecule has 1 heterocycles. The molecule has 1 unspecified atom stereocenters. The molecular weight excluding hydrogens is 442 g/mol. The summed E-state index contributed by atoms with van der Waals surface area (Å²) in [6, 6.07) is 14.5. The lowest BCUT2D eigenvalue weighted by Gasteiger charge is -2.23. The van der Waals surface area contributed by atoms with Crippen molar-refractivity contribution in [3.05, 3.63) is 70.7 Å². The Bertz CT molecular complexity index is 1120. The van der Waals surface area contributed by atoms with E-state index in [2.05, 4.69) is 15.6 Å². The number of thiazole rings is 1. The molecule has 3 aromatic rings. The molecule has 8 heteroatoms. The van der Waals surface area contributed by atoms with Crippen molar-refractivity contribution in [3.63, 3.8) is 0 Å². The molecule has 0 spiro atoms. The van der Waals surface area contributed by atoms with E-state index in [9.17, 15) is 13.8 Å². The summed E-state index contributed by atoms with van der Waals surface area (Å²) in [5, 5.41) is 8.22. The monoisotopic (exact) mass is 469 g/mol. The van der Waals surface area contributed by atoms with E-state index < -0.39 is 16.2 Å². The zero-order chi connectivity index (χ0) is 23.3. The van der Waals surface area contributed by atoms with Gasteiger partial charge in [-0.15, -0.1) is 11.3 Å². The molecule has 0 radical (unpaired) electrons. The van der Waals surface area contributed by atoms with E-state index in [4.69, 9.17) is 0 Å². The van der Waals surface area contributed by atoms with Crippen LogP contribution in [0.5, 0.6) is 0 Å². The SMILES string of the molecule is CCS(=O)c1ccc(CC(=O)Nc2ccc(C(C)(C)C(=O)Nc3nc(C)cs3)cc2)cc1. The summed E-state index contributed by atoms with van der Waals surface area (Å²) in [6.45, 7) is 7.46. The van der Waals surface area contributed by atoms with Gasteiger partial charge in [-0.1, -0.05) is 31.2 Å². The van der Waals surface area contributed by atoms with Gasteiger partial charge in [0.2, 0.25) is 11.8 Å². The van der Waals surface area contributed by atoms with Crippen molar-refractivity contribution >= 4 is 44.8 Å². The highest BCUT2D eigenvalue weighted by molar-refractivity contribution is 7.85. The van der Waals surface area contributed by atoms with Crippen molar-refractivity contribution < 1.29 is 13.8 Å². The molecule has 32 heavy (non-hydrogen) atoms. The van der Waals surface area contributed by atoms with Crippen molar-refractivity contribution in [2.75, 3.05) is 16.4 Å². The summed E-state index contributed by atoms with van der Waals surface area (Å²) < 4.78 is 11.8. The number of aromatic nitrogens is 1. The summed E-state index contributed by atoms with van der Waals surface area (Å²) >= 11 is 1.40. The van der Waals surface area contributed by atoms with Crippen LogP contribution < -0.4 is 10.6 Å². The normalized spacial score (nSPS) is 12.2. The van der Waals surface area contributed by atoms with Crippen LogP contribution in [0, 0.1) is 6.92 Å². The van der Waals surface area contributed by atoms with Gasteiger partial charge >= 0.3 is 0 Å². The van der Waals surface area contributed by atoms with Gasteiger partial charge in [0.05, 0.1) is 28.3 Å². The molecular formula is C24H27N3O3S2. The summed E-state index contributed by atoms with van der Waals surface area (Å²) in [6.07, 6.45) is 0.224. The topological polar surface area (TPSA) is 88.2 Å². The largest absolute Gasteiger partial charge is 0.326 e. The fourth-order valence-corrected chi connectivity index (χ4v) is 4.54. The Labute approximate surface area is 194 Å². The number of carbonyl (C=O) groups is 2. The van der Waals surface area contributed by atoms with E-state index in [0.717, 1.165) is 21.7 Å². The van der Waals surface area contributed by atoms with Crippen molar-refractivity contribution in [1.29, 1.82) is 0 Å². The number of amides is 2. The number of anilines is 2. The Morgan fingerprint density at radius 2 is 1.69 bits per heavy atom. The van der Waals surface area contributed by atoms with Crippen LogP contribution in [0.2, 0.25) is 0 Å². The second kappa shape index (κ2) is 10.2. The number of rotatable bonds is 8. The Balaban J connectivity index is 1.60. The standard InChI is InChI=1S/C24H27N3O3S2/c1-5-32(30)20-12-6-17(7-13-20)14-21(28)26-19-10-8-18(9-11-19)24(3,4)22(29)27-23-25-16(2)15-31-23/h6-13,15H,5,14H2,1-4H3,(H,26,28)(H,25,27,29). The molecule has 168 valence electrons. The number of hydrogen-bond acceptors (Lipinski definition) is 5. The fraction of sp³-hybridized carbons (Fsp3) is 0.292. The predicted octanol–water partition coefficient (Wildman–Crippen LogP) is 4.68. The molecule has 0 fully saturated rings. The van der Waals surface area contributed by atoms with Crippen LogP contribution in [0.3, 0.4) is 0 Å². The molecule has 6 nitrogen and oxygen atoms in total. The lowest BCUT2D eigenvalue weighted by atomic mass is 9.83. The van der Waals surface area contributed by atoms with Crippen LogP contribution in [0.1, 0.15) is 37.6 Å². The quantitative estimate of drug-likeness (QED) is 0.502. The first-order chi connectivity index (χ1) is 15.2. The maximum atomic E-state index is 12.8. The molecule has 0 aliphatic carbocycles. The molecule has 1 atom stereocenters. The second-order valence-corrected chi connectivity index (χ2v) is 10.6. The smallest absolute Gasteiger partial charge is 0.236 e. The number of aryl methyl sites for hydroxylation is 1. The van der Waals surface area contributed by atoms with E-state index in [1.807, 2.05) is 57.3 Å². The van der Waals surface area contributed by atoms with Gasteiger partial charge < -0.3 is 10.6 Å². The second-order valence-electron chi connectivity index (χ2n) is 7.95. The highest BCUT2D eigenvalue weighted by atomic mass is 32.2. The minimum atomic E-state index is -0.999. The van der Waals surface area contributed by atoms with Crippen LogP contribution in [-0.4, -0.2) is 26.8 Å². The molecule has 2 N–H and O–H groups in total. The van der Waals surface area contributed by atoms with E-state index in [1.165, 1.54) is 11.3 Å². The molecule has 1 aromatic heterocycles. The van der Waals surface area contributed by atoms with Crippen LogP contribution >= 0.6 is 11.3 Å². The van der Waals surface area contributed by atoms with Gasteiger partial charge in [-0.05, 0) is 56.2 Å². The van der Waals surface area contributed by atoms with Crippen molar-refractivity contribution in [3.8, 4) is 0 Å². The Morgan fingerprint density at radius 1 is 1.03 bits per heavy atom. The first kappa shape index (κ1) is 23.8. The van der Waals surface area contributed by atoms with Crippen LogP contribution in [0.25, 0.3) is 0 Å². The molecule has 2 amide bonds. The van der Waals surface area contributed by atoms with E-state index in [-0.39, 0.29) is 18.2 Å². The number of nitrogens with zero attached hydrogens (tertiary/aromatic N) is 1. The Hall–Kier alpha value is -2.84. The van der Waals surface area contributed by atoms with Crippen molar-refractivity contribution in [2.45, 2.75) is 44.4 Å². The summed E-state index contributed by atoms with van der Waals surface area (Å²) in [4.78, 5) is 30.2. The fourth-order valence-electron chi connectivity index (χ4n) is 3.08. The molecule has 3 rings (SSSR count). The Kier molecular flexibility index (Phi) is 7.58. The van der Waals surface area contributed by atoms with Crippen molar-refractivity contribution in [2.24, 2.45) is 0 Å². The molecule has 0 saturated heterocycles. The number of hydrogen-bond donors (Lipinski definition) is 2. The lowest BCUT2D eigenvalue weighted by molar-refractivity contribution is -0.120. The summed E-state index contributed by atoms with van der Waals surface area (Å²) in [5.41, 5.74) is 2.46. The highest BCUT2D eigenvalue weighted by Crippen LogP contribution is 2.27. The predicted molar refractivity (Wildman–Crippen MR) is 131 cm³/mol. The molecule has 0 bridgehead atoms. The van der Waals surface area contributed by atoms with Crippen LogP contribution in [-0.2, 0) is 32.2 Å². The van der Waals surface area contributed by atoms with Gasteiger partial charge in [0.1, 0.15) is 0 Å². The number of nitrogens with one attached hydrogen (secondary N) is 2. The lowest BCUT2D eigenvalue weighted by Crippen LogP contribution is -2.34. The molecule has 2 aromatic carbocycles. The first-order valence-corrected chi connectivity index (χ1v) is 12.5. The van der Waals surface area contributed by atoms with Gasteiger partial charge in [0, 0.05) is 21.7 Å². The minimum Gasteiger partial charge on any atom is -0.326 e. The first-order valence-electron chi connectivity index (χ1n) is 10.3. The zero-order valence-corrected chi connectivity index (χ0v) is 20.2. The molecule has 0 aliphatic rings. The minimum absolute atomic E-state index is 0.141.